The highest BCUT2D eigenvalue weighted by atomic mass is 19.1. The third kappa shape index (κ3) is 3.96. The standard InChI is InChI=1S/C29H36FN3O2/c1-31-25-15-22(35-2)9-10-23(25)27-28(31)26(18-34)33(17-21-5-3-4-6-24(21)30)19-29(27)11-13-32(14-12-29)16-20-7-8-20/h3-6,9-10,15,20,26,34H,7-8,11-14,16-19H2,1-2H3/t26-/m1/s1. The molecule has 3 aliphatic rings. The SMILES string of the molecule is COc1ccc2c3c(n(C)c2c1)[C@@H](CO)N(Cc1ccccc1F)CC31CCN(CC2CC2)CC1. The fourth-order valence-electron chi connectivity index (χ4n) is 6.71. The lowest BCUT2D eigenvalue weighted by atomic mass is 9.68. The number of aliphatic hydroxyl groups excluding tert-OH is 1. The molecular formula is C29H36FN3O2. The van der Waals surface area contributed by atoms with E-state index in [1.807, 2.05) is 12.1 Å². The van der Waals surface area contributed by atoms with Gasteiger partial charge < -0.3 is 19.3 Å². The fraction of sp³-hybridized carbons (Fsp3) is 0.517. The van der Waals surface area contributed by atoms with E-state index >= 15 is 0 Å². The summed E-state index contributed by atoms with van der Waals surface area (Å²) in [5, 5.41) is 11.9. The lowest BCUT2D eigenvalue weighted by Gasteiger charge is -2.50. The summed E-state index contributed by atoms with van der Waals surface area (Å²) >= 11 is 0. The number of aromatic nitrogens is 1. The molecule has 35 heavy (non-hydrogen) atoms. The number of hydrogen-bond donors (Lipinski definition) is 1. The number of fused-ring (bicyclic) bond motifs is 4. The maximum absolute atomic E-state index is 14.7. The van der Waals surface area contributed by atoms with E-state index < -0.39 is 0 Å². The van der Waals surface area contributed by atoms with Crippen LogP contribution in [0.2, 0.25) is 0 Å². The lowest BCUT2D eigenvalue weighted by Crippen LogP contribution is -2.54. The highest BCUT2D eigenvalue weighted by Crippen LogP contribution is 2.50. The number of methoxy groups -OCH3 is 1. The largest absolute Gasteiger partial charge is 0.497 e. The van der Waals surface area contributed by atoms with Gasteiger partial charge in [-0.05, 0) is 68.5 Å². The van der Waals surface area contributed by atoms with E-state index in [-0.39, 0.29) is 23.9 Å². The first kappa shape index (κ1) is 23.0. The predicted molar refractivity (Wildman–Crippen MR) is 136 cm³/mol. The van der Waals surface area contributed by atoms with Gasteiger partial charge in [0.15, 0.2) is 0 Å². The molecule has 2 aliphatic heterocycles. The van der Waals surface area contributed by atoms with Crippen molar-refractivity contribution in [2.45, 2.75) is 43.7 Å². The van der Waals surface area contributed by atoms with Crippen LogP contribution in [0.15, 0.2) is 42.5 Å². The zero-order valence-corrected chi connectivity index (χ0v) is 20.8. The normalized spacial score (nSPS) is 22.6. The molecule has 3 heterocycles. The van der Waals surface area contributed by atoms with Gasteiger partial charge in [0.05, 0.1) is 25.3 Å². The summed E-state index contributed by atoms with van der Waals surface area (Å²) in [4.78, 5) is 4.98. The van der Waals surface area contributed by atoms with Crippen LogP contribution in [0.1, 0.15) is 48.5 Å². The van der Waals surface area contributed by atoms with E-state index in [9.17, 15) is 9.50 Å². The van der Waals surface area contributed by atoms with Gasteiger partial charge in [-0.1, -0.05) is 18.2 Å². The molecule has 6 heteroatoms. The molecule has 6 rings (SSSR count). The number of aliphatic hydroxyl groups is 1. The smallest absolute Gasteiger partial charge is 0.127 e. The Balaban J connectivity index is 1.45. The second kappa shape index (κ2) is 8.91. The molecule has 1 saturated heterocycles. The number of aryl methyl sites for hydroxylation is 1. The van der Waals surface area contributed by atoms with Crippen molar-refractivity contribution < 1.29 is 14.2 Å². The van der Waals surface area contributed by atoms with Crippen LogP contribution in [0.5, 0.6) is 5.75 Å². The Labute approximate surface area is 207 Å². The molecule has 0 amide bonds. The molecule has 1 aliphatic carbocycles. The van der Waals surface area contributed by atoms with Crippen LogP contribution >= 0.6 is 0 Å². The average molecular weight is 478 g/mol. The number of likely N-dealkylation sites (tertiary alicyclic amines) is 1. The number of piperidine rings is 1. The van der Waals surface area contributed by atoms with E-state index in [1.165, 1.54) is 42.1 Å². The molecule has 0 unspecified atom stereocenters. The van der Waals surface area contributed by atoms with Gasteiger partial charge in [-0.25, -0.2) is 4.39 Å². The molecule has 2 aromatic carbocycles. The summed E-state index contributed by atoms with van der Waals surface area (Å²) in [5.41, 5.74) is 4.39. The monoisotopic (exact) mass is 477 g/mol. The number of hydrogen-bond acceptors (Lipinski definition) is 4. The van der Waals surface area contributed by atoms with E-state index in [4.69, 9.17) is 4.74 Å². The number of rotatable bonds is 6. The number of nitrogens with zero attached hydrogens (tertiary/aromatic N) is 3. The molecular weight excluding hydrogens is 441 g/mol. The maximum Gasteiger partial charge on any atom is 0.127 e. The van der Waals surface area contributed by atoms with Crippen molar-refractivity contribution >= 4 is 10.9 Å². The van der Waals surface area contributed by atoms with Crippen LogP contribution in [-0.2, 0) is 19.0 Å². The van der Waals surface area contributed by atoms with Crippen molar-refractivity contribution in [3.8, 4) is 5.75 Å². The summed E-state index contributed by atoms with van der Waals surface area (Å²) in [5.74, 6) is 1.56. The van der Waals surface area contributed by atoms with Crippen molar-refractivity contribution in [1.29, 1.82) is 0 Å². The van der Waals surface area contributed by atoms with Crippen molar-refractivity contribution in [2.75, 3.05) is 39.9 Å². The molecule has 1 spiro atoms. The second-order valence-electron chi connectivity index (χ2n) is 10.9. The Kier molecular flexibility index (Phi) is 5.86. The first-order valence-electron chi connectivity index (χ1n) is 13.0. The maximum atomic E-state index is 14.7. The van der Waals surface area contributed by atoms with Gasteiger partial charge in [0.1, 0.15) is 11.6 Å². The van der Waals surface area contributed by atoms with Crippen LogP contribution in [0.3, 0.4) is 0 Å². The Morgan fingerprint density at radius 2 is 1.89 bits per heavy atom. The topological polar surface area (TPSA) is 40.9 Å². The zero-order valence-electron chi connectivity index (χ0n) is 20.8. The molecule has 2 fully saturated rings. The average Bonchev–Trinajstić information content (AvgIpc) is 3.65. The number of benzene rings is 2. The van der Waals surface area contributed by atoms with Gasteiger partial charge in [0.25, 0.3) is 0 Å². The van der Waals surface area contributed by atoms with Gasteiger partial charge in [0, 0.05) is 54.8 Å². The van der Waals surface area contributed by atoms with Gasteiger partial charge >= 0.3 is 0 Å². The quantitative estimate of drug-likeness (QED) is 0.563. The summed E-state index contributed by atoms with van der Waals surface area (Å²) in [6, 6.07) is 13.2. The number of ether oxygens (including phenoxy) is 1. The number of halogens is 1. The second-order valence-corrected chi connectivity index (χ2v) is 10.9. The minimum Gasteiger partial charge on any atom is -0.497 e. The van der Waals surface area contributed by atoms with Crippen LogP contribution in [0, 0.1) is 11.7 Å². The minimum absolute atomic E-state index is 0.00658. The molecule has 3 aromatic rings. The van der Waals surface area contributed by atoms with E-state index in [1.54, 1.807) is 13.2 Å². The molecule has 5 nitrogen and oxygen atoms in total. The van der Waals surface area contributed by atoms with Crippen LogP contribution < -0.4 is 4.74 Å². The van der Waals surface area contributed by atoms with E-state index in [0.29, 0.717) is 12.1 Å². The van der Waals surface area contributed by atoms with Crippen molar-refractivity contribution in [3.05, 3.63) is 65.1 Å². The first-order chi connectivity index (χ1) is 17.0. The highest BCUT2D eigenvalue weighted by molar-refractivity contribution is 5.88. The van der Waals surface area contributed by atoms with Gasteiger partial charge in [-0.15, -0.1) is 0 Å². The Morgan fingerprint density at radius 3 is 2.57 bits per heavy atom. The zero-order chi connectivity index (χ0) is 24.2. The molecule has 186 valence electrons. The third-order valence-electron chi connectivity index (χ3n) is 8.78. The summed E-state index contributed by atoms with van der Waals surface area (Å²) in [6.07, 6.45) is 4.94. The predicted octanol–water partition coefficient (Wildman–Crippen LogP) is 4.62. The lowest BCUT2D eigenvalue weighted by molar-refractivity contribution is 0.0402. The van der Waals surface area contributed by atoms with Gasteiger partial charge in [-0.2, -0.15) is 0 Å². The van der Waals surface area contributed by atoms with Gasteiger partial charge in [-0.3, -0.25) is 4.90 Å². The first-order valence-corrected chi connectivity index (χ1v) is 13.0. The van der Waals surface area contributed by atoms with Crippen molar-refractivity contribution in [3.63, 3.8) is 0 Å². The van der Waals surface area contributed by atoms with Crippen molar-refractivity contribution in [2.24, 2.45) is 13.0 Å². The molecule has 0 bridgehead atoms. The minimum atomic E-state index is -0.178. The highest BCUT2D eigenvalue weighted by Gasteiger charge is 2.48. The fourth-order valence-corrected chi connectivity index (χ4v) is 6.71. The van der Waals surface area contributed by atoms with E-state index in [2.05, 4.69) is 39.6 Å². The molecule has 0 radical (unpaired) electrons. The van der Waals surface area contributed by atoms with Crippen LogP contribution in [0.25, 0.3) is 10.9 Å². The Morgan fingerprint density at radius 1 is 1.11 bits per heavy atom. The molecule has 1 saturated carbocycles. The summed E-state index contributed by atoms with van der Waals surface area (Å²) < 4.78 is 22.5. The Hall–Kier alpha value is -2.41. The van der Waals surface area contributed by atoms with Crippen LogP contribution in [0.4, 0.5) is 4.39 Å². The van der Waals surface area contributed by atoms with E-state index in [0.717, 1.165) is 49.7 Å². The summed E-state index contributed by atoms with van der Waals surface area (Å²) in [6.45, 7) is 4.76. The molecule has 1 N–H and O–H groups in total. The summed E-state index contributed by atoms with van der Waals surface area (Å²) in [7, 11) is 3.81. The van der Waals surface area contributed by atoms with Gasteiger partial charge in [0.2, 0.25) is 0 Å². The Bertz CT molecular complexity index is 1230. The van der Waals surface area contributed by atoms with Crippen molar-refractivity contribution in [1.82, 2.24) is 14.4 Å². The molecule has 1 atom stereocenters. The molecule has 1 aromatic heterocycles. The van der Waals surface area contributed by atoms with Crippen LogP contribution in [-0.4, -0.2) is 59.4 Å². The third-order valence-corrected chi connectivity index (χ3v) is 8.78.